The number of nitrogens with two attached hydrogens (primary N) is 1. The molecule has 1 fully saturated rings. The van der Waals surface area contributed by atoms with E-state index in [1.54, 1.807) is 24.3 Å². The van der Waals surface area contributed by atoms with Crippen molar-refractivity contribution in [3.8, 4) is 0 Å². The van der Waals surface area contributed by atoms with Crippen LogP contribution in [0.15, 0.2) is 29.2 Å². The summed E-state index contributed by atoms with van der Waals surface area (Å²) in [6.45, 7) is 0.358. The number of nitrogens with zero attached hydrogens (tertiary/aromatic N) is 1. The molecule has 0 unspecified atom stereocenters. The second-order valence-electron chi connectivity index (χ2n) is 5.29. The predicted molar refractivity (Wildman–Crippen MR) is 80.2 cm³/mol. The average molecular weight is 311 g/mol. The molecule has 116 valence electrons. The molecule has 1 amide bonds. The number of amides is 1. The fourth-order valence-corrected chi connectivity index (χ4v) is 3.09. The Balaban J connectivity index is 2.02. The van der Waals surface area contributed by atoms with Crippen LogP contribution in [-0.2, 0) is 21.2 Å². The molecule has 0 spiro atoms. The van der Waals surface area contributed by atoms with Crippen molar-refractivity contribution >= 4 is 15.9 Å². The van der Waals surface area contributed by atoms with E-state index < -0.39 is 10.0 Å². The fourth-order valence-electron chi connectivity index (χ4n) is 1.96. The van der Waals surface area contributed by atoms with E-state index in [1.807, 2.05) is 0 Å². The monoisotopic (exact) mass is 311 g/mol. The second kappa shape index (κ2) is 6.55. The van der Waals surface area contributed by atoms with Gasteiger partial charge in [0.15, 0.2) is 0 Å². The summed E-state index contributed by atoms with van der Waals surface area (Å²) >= 11 is 0. The van der Waals surface area contributed by atoms with Gasteiger partial charge in [0.25, 0.3) is 0 Å². The fraction of sp³-hybridized carbons (Fsp3) is 0.500. The van der Waals surface area contributed by atoms with Gasteiger partial charge in [-0.25, -0.2) is 8.42 Å². The molecule has 0 aromatic heterocycles. The van der Waals surface area contributed by atoms with Gasteiger partial charge in [-0.05, 0) is 43.5 Å². The molecule has 1 aliphatic rings. The van der Waals surface area contributed by atoms with Gasteiger partial charge < -0.3 is 11.1 Å². The summed E-state index contributed by atoms with van der Waals surface area (Å²) in [4.78, 5) is 11.9. The lowest BCUT2D eigenvalue weighted by Crippen LogP contribution is -2.39. The molecule has 21 heavy (non-hydrogen) atoms. The van der Waals surface area contributed by atoms with Gasteiger partial charge in [-0.15, -0.1) is 0 Å². The smallest absolute Gasteiger partial charge is 0.243 e. The minimum Gasteiger partial charge on any atom is -0.352 e. The number of rotatable bonds is 7. The maximum absolute atomic E-state index is 12.4. The molecule has 7 heteroatoms. The van der Waals surface area contributed by atoms with Gasteiger partial charge in [0.2, 0.25) is 15.9 Å². The van der Waals surface area contributed by atoms with Crippen LogP contribution in [-0.4, -0.2) is 44.8 Å². The van der Waals surface area contributed by atoms with E-state index in [-0.39, 0.29) is 23.4 Å². The Kier molecular flexibility index (Phi) is 4.97. The minimum atomic E-state index is -3.64. The average Bonchev–Trinajstić information content (AvgIpc) is 3.23. The predicted octanol–water partition coefficient (Wildman–Crippen LogP) is 0.0869. The third kappa shape index (κ3) is 4.26. The summed E-state index contributed by atoms with van der Waals surface area (Å²) < 4.78 is 25.8. The first kappa shape index (κ1) is 15.9. The van der Waals surface area contributed by atoms with Crippen molar-refractivity contribution in [1.82, 2.24) is 9.62 Å². The Morgan fingerprint density at radius 3 is 2.48 bits per heavy atom. The number of carbonyl (C=O) groups is 1. The number of benzene rings is 1. The largest absolute Gasteiger partial charge is 0.352 e. The normalized spacial score (nSPS) is 15.2. The van der Waals surface area contributed by atoms with Crippen LogP contribution in [0.2, 0.25) is 0 Å². The molecular weight excluding hydrogens is 290 g/mol. The molecule has 1 aliphatic carbocycles. The van der Waals surface area contributed by atoms with Crippen molar-refractivity contribution in [3.05, 3.63) is 29.8 Å². The van der Waals surface area contributed by atoms with E-state index in [0.29, 0.717) is 13.0 Å². The van der Waals surface area contributed by atoms with E-state index in [1.165, 1.54) is 7.05 Å². The number of nitrogens with one attached hydrogen (secondary N) is 1. The van der Waals surface area contributed by atoms with Crippen LogP contribution in [0.1, 0.15) is 18.4 Å². The lowest BCUT2D eigenvalue weighted by atomic mass is 10.2. The SMILES string of the molecule is CN(CC(=O)NC1CC1)S(=O)(=O)c1ccc(CCN)cc1. The van der Waals surface area contributed by atoms with E-state index in [2.05, 4.69) is 5.32 Å². The highest BCUT2D eigenvalue weighted by molar-refractivity contribution is 7.89. The summed E-state index contributed by atoms with van der Waals surface area (Å²) in [5.74, 6) is -0.261. The molecule has 1 aromatic carbocycles. The lowest BCUT2D eigenvalue weighted by Gasteiger charge is -2.17. The van der Waals surface area contributed by atoms with Crippen LogP contribution in [0.25, 0.3) is 0 Å². The number of likely N-dealkylation sites (N-methyl/N-ethyl adjacent to an activating group) is 1. The molecule has 3 N–H and O–H groups in total. The van der Waals surface area contributed by atoms with Crippen LogP contribution in [0.3, 0.4) is 0 Å². The van der Waals surface area contributed by atoms with Crippen molar-refractivity contribution in [2.75, 3.05) is 20.1 Å². The molecule has 1 aromatic rings. The van der Waals surface area contributed by atoms with E-state index in [0.717, 1.165) is 22.7 Å². The number of hydrogen-bond acceptors (Lipinski definition) is 4. The molecule has 0 radical (unpaired) electrons. The first-order valence-corrected chi connectivity index (χ1v) is 8.42. The van der Waals surface area contributed by atoms with Crippen molar-refractivity contribution in [2.24, 2.45) is 5.73 Å². The van der Waals surface area contributed by atoms with Gasteiger partial charge in [0.1, 0.15) is 0 Å². The van der Waals surface area contributed by atoms with Crippen LogP contribution in [0.5, 0.6) is 0 Å². The first-order chi connectivity index (χ1) is 9.93. The summed E-state index contributed by atoms with van der Waals surface area (Å²) in [6, 6.07) is 6.82. The molecule has 2 rings (SSSR count). The highest BCUT2D eigenvalue weighted by Gasteiger charge is 2.27. The Bertz CT molecular complexity index is 594. The van der Waals surface area contributed by atoms with Gasteiger partial charge in [0, 0.05) is 13.1 Å². The Morgan fingerprint density at radius 2 is 1.95 bits per heavy atom. The number of hydrogen-bond donors (Lipinski definition) is 2. The van der Waals surface area contributed by atoms with E-state index in [9.17, 15) is 13.2 Å². The summed E-state index contributed by atoms with van der Waals surface area (Å²) in [5.41, 5.74) is 6.45. The summed E-state index contributed by atoms with van der Waals surface area (Å²) in [6.07, 6.45) is 2.66. The van der Waals surface area contributed by atoms with Crippen molar-refractivity contribution < 1.29 is 13.2 Å². The standard InChI is InChI=1S/C14H21N3O3S/c1-17(10-14(18)16-12-4-5-12)21(19,20)13-6-2-11(3-7-13)8-9-15/h2-3,6-7,12H,4-5,8-10,15H2,1H3,(H,16,18). The van der Waals surface area contributed by atoms with Gasteiger partial charge in [-0.1, -0.05) is 12.1 Å². The maximum atomic E-state index is 12.4. The number of sulfonamides is 1. The third-order valence-electron chi connectivity index (χ3n) is 3.37. The topological polar surface area (TPSA) is 92.5 Å². The van der Waals surface area contributed by atoms with Gasteiger partial charge in [-0.3, -0.25) is 4.79 Å². The highest BCUT2D eigenvalue weighted by atomic mass is 32.2. The zero-order valence-electron chi connectivity index (χ0n) is 12.1. The van der Waals surface area contributed by atoms with Crippen LogP contribution in [0, 0.1) is 0 Å². The third-order valence-corrected chi connectivity index (χ3v) is 5.19. The highest BCUT2D eigenvalue weighted by Crippen LogP contribution is 2.19. The minimum absolute atomic E-state index is 0.163. The lowest BCUT2D eigenvalue weighted by molar-refractivity contribution is -0.121. The van der Waals surface area contributed by atoms with Crippen molar-refractivity contribution in [1.29, 1.82) is 0 Å². The zero-order valence-corrected chi connectivity index (χ0v) is 12.9. The van der Waals surface area contributed by atoms with Crippen LogP contribution < -0.4 is 11.1 Å². The molecule has 1 saturated carbocycles. The maximum Gasteiger partial charge on any atom is 0.243 e. The van der Waals surface area contributed by atoms with Crippen molar-refractivity contribution in [2.45, 2.75) is 30.2 Å². The van der Waals surface area contributed by atoms with Crippen LogP contribution >= 0.6 is 0 Å². The molecule has 0 bridgehead atoms. The van der Waals surface area contributed by atoms with Crippen LogP contribution in [0.4, 0.5) is 0 Å². The number of carbonyl (C=O) groups excluding carboxylic acids is 1. The summed E-state index contributed by atoms with van der Waals surface area (Å²) in [5, 5.41) is 2.78. The molecule has 0 heterocycles. The Labute approximate surface area is 125 Å². The molecular formula is C14H21N3O3S. The van der Waals surface area contributed by atoms with Gasteiger partial charge in [0.05, 0.1) is 11.4 Å². The molecule has 0 aliphatic heterocycles. The van der Waals surface area contributed by atoms with Gasteiger partial charge in [-0.2, -0.15) is 4.31 Å². The Hall–Kier alpha value is -1.44. The molecule has 0 atom stereocenters. The van der Waals surface area contributed by atoms with Crippen molar-refractivity contribution in [3.63, 3.8) is 0 Å². The molecule has 0 saturated heterocycles. The van der Waals surface area contributed by atoms with E-state index in [4.69, 9.17) is 5.73 Å². The summed E-state index contributed by atoms with van der Waals surface area (Å²) in [7, 11) is -2.23. The zero-order chi connectivity index (χ0) is 15.5. The van der Waals surface area contributed by atoms with E-state index >= 15 is 0 Å². The molecule has 6 nitrogen and oxygen atoms in total. The first-order valence-electron chi connectivity index (χ1n) is 6.98. The van der Waals surface area contributed by atoms with Gasteiger partial charge >= 0.3 is 0 Å². The second-order valence-corrected chi connectivity index (χ2v) is 7.33. The Morgan fingerprint density at radius 1 is 1.33 bits per heavy atom. The quantitative estimate of drug-likeness (QED) is 0.746.